The monoisotopic (exact) mass is 839 g/mol. The summed E-state index contributed by atoms with van der Waals surface area (Å²) in [7, 11) is 1.84. The number of nitrogens with one attached hydrogen (secondary N) is 3. The van der Waals surface area contributed by atoms with Crippen molar-refractivity contribution in [3.63, 3.8) is 0 Å². The Hall–Kier alpha value is -1.65. The SMILES string of the molecule is C=C(/C(F)=C1/NC(CN2CCC2)=NC=C(NCCNC)/C1=C(\C)CCCC)c1c[c-]c(C)c(C)c1C(F)(F)F.CC.CCC(C)C1CC1.[Ho]. The number of halogens is 4. The van der Waals surface area contributed by atoms with E-state index in [0.29, 0.717) is 48.7 Å². The second-order valence-electron chi connectivity index (χ2n) is 12.9. The van der Waals surface area contributed by atoms with Crippen molar-refractivity contribution in [1.29, 1.82) is 0 Å². The number of amidine groups is 1. The zero-order valence-electron chi connectivity index (χ0n) is 31.2. The minimum Gasteiger partial charge on any atom is -0.382 e. The third kappa shape index (κ3) is 13.4. The van der Waals surface area contributed by atoms with Crippen LogP contribution in [0.25, 0.3) is 5.57 Å². The topological polar surface area (TPSA) is 51.7 Å². The molecule has 5 nitrogen and oxygen atoms in total. The molecule has 1 radical (unpaired) electrons. The number of likely N-dealkylation sites (tertiary alicyclic amines) is 1. The van der Waals surface area contributed by atoms with Crippen LogP contribution in [0.15, 0.2) is 52.2 Å². The predicted octanol–water partition coefficient (Wildman–Crippen LogP) is 9.65. The number of aliphatic imine (C=N–C) groups is 1. The summed E-state index contributed by atoms with van der Waals surface area (Å²) in [6, 6.07) is 4.03. The Bertz CT molecular complexity index is 1340. The molecule has 1 unspecified atom stereocenters. The number of hydrogen-bond acceptors (Lipinski definition) is 5. The van der Waals surface area contributed by atoms with Gasteiger partial charge >= 0.3 is 6.18 Å². The van der Waals surface area contributed by atoms with E-state index >= 15 is 4.39 Å². The van der Waals surface area contributed by atoms with Crippen LogP contribution in [0.3, 0.4) is 0 Å². The van der Waals surface area contributed by atoms with Crippen LogP contribution in [-0.4, -0.2) is 50.5 Å². The van der Waals surface area contributed by atoms with Crippen molar-refractivity contribution in [2.24, 2.45) is 16.8 Å². The largest absolute Gasteiger partial charge is 0.395 e. The first kappa shape index (κ1) is 45.4. The quantitative estimate of drug-likeness (QED) is 0.0803. The molecule has 10 heteroatoms. The van der Waals surface area contributed by atoms with Gasteiger partial charge in [-0.25, -0.2) is 9.38 Å². The summed E-state index contributed by atoms with van der Waals surface area (Å²) in [6.07, 6.45) is 5.03. The standard InChI is InChI=1S/C30H40F4N5.C7H14.C2H6.Ho/c1-7-8-10-20(3)26-24(36-14-13-35-6)17-37-25(18-39-15-9-16-39)38-29(26)28(31)22(5)23-12-11-19(2)21(4)27(23)30(32,33)34;1-3-6(2)7-4-5-7;1-2;/h12,17,35-36H,5,7-10,13-16,18H2,1-4,6H3,(H,37,38);6-7H,3-5H2,1-2H3;1-2H3;/q-1;;;/b26-20-,29-28-;;;. The number of alkyl halides is 3. The average Bonchev–Trinajstić information content (AvgIpc) is 3.91. The first-order chi connectivity index (χ1) is 22.8. The van der Waals surface area contributed by atoms with E-state index < -0.39 is 17.6 Å². The molecule has 1 aromatic carbocycles. The molecule has 2 aliphatic heterocycles. The van der Waals surface area contributed by atoms with Crippen LogP contribution in [0.5, 0.6) is 0 Å². The minimum absolute atomic E-state index is 0. The normalized spacial score (nSPS) is 18.7. The first-order valence-corrected chi connectivity index (χ1v) is 17.9. The molecule has 2 fully saturated rings. The summed E-state index contributed by atoms with van der Waals surface area (Å²) in [5.41, 5.74) is 1.00. The molecular formula is C39H60F4HoN5-. The van der Waals surface area contributed by atoms with Crippen LogP contribution in [0.2, 0.25) is 0 Å². The van der Waals surface area contributed by atoms with Gasteiger partial charge in [0.15, 0.2) is 0 Å². The Morgan fingerprint density at radius 2 is 1.82 bits per heavy atom. The van der Waals surface area contributed by atoms with Gasteiger partial charge in [0.1, 0.15) is 11.7 Å². The van der Waals surface area contributed by atoms with Crippen molar-refractivity contribution in [1.82, 2.24) is 20.9 Å². The van der Waals surface area contributed by atoms with Crippen LogP contribution in [-0.2, 0) is 6.18 Å². The Balaban J connectivity index is 0.00000105. The van der Waals surface area contributed by atoms with E-state index in [-0.39, 0.29) is 60.1 Å². The van der Waals surface area contributed by atoms with Gasteiger partial charge in [0.2, 0.25) is 0 Å². The van der Waals surface area contributed by atoms with Gasteiger partial charge in [-0.1, -0.05) is 66.9 Å². The minimum atomic E-state index is -4.68. The molecule has 281 valence electrons. The average molecular weight is 840 g/mol. The van der Waals surface area contributed by atoms with Crippen LogP contribution in [0, 0.1) is 69.5 Å². The van der Waals surface area contributed by atoms with Crippen LogP contribution in [0.1, 0.15) is 109 Å². The molecule has 3 N–H and O–H groups in total. The zero-order valence-corrected chi connectivity index (χ0v) is 33.1. The van der Waals surface area contributed by atoms with Crippen molar-refractivity contribution < 1.29 is 55.3 Å². The maximum absolute atomic E-state index is 16.6. The molecule has 0 amide bonds. The van der Waals surface area contributed by atoms with E-state index in [1.807, 2.05) is 27.8 Å². The number of hydrogen-bond donors (Lipinski definition) is 3. The molecular weight excluding hydrogens is 779 g/mol. The fourth-order valence-corrected chi connectivity index (χ4v) is 5.67. The number of allylic oxidation sites excluding steroid dienone is 3. The number of benzene rings is 1. The van der Waals surface area contributed by atoms with E-state index in [4.69, 9.17) is 0 Å². The number of nitrogens with zero attached hydrogens (tertiary/aromatic N) is 2. The Morgan fingerprint density at radius 1 is 1.16 bits per heavy atom. The summed E-state index contributed by atoms with van der Waals surface area (Å²) in [4.78, 5) is 6.81. The van der Waals surface area contributed by atoms with Gasteiger partial charge in [-0.05, 0) is 82.1 Å². The molecule has 0 bridgehead atoms. The number of likely N-dealkylation sites (N-methyl/N-ethyl adjacent to an activating group) is 1. The zero-order chi connectivity index (χ0) is 36.0. The van der Waals surface area contributed by atoms with Gasteiger partial charge in [0.25, 0.3) is 0 Å². The fourth-order valence-electron chi connectivity index (χ4n) is 5.67. The summed E-state index contributed by atoms with van der Waals surface area (Å²) in [5.74, 6) is 1.81. The van der Waals surface area contributed by atoms with Crippen LogP contribution < -0.4 is 16.0 Å². The van der Waals surface area contributed by atoms with Crippen LogP contribution in [0.4, 0.5) is 17.6 Å². The van der Waals surface area contributed by atoms with Crippen molar-refractivity contribution in [3.8, 4) is 0 Å². The van der Waals surface area contributed by atoms with E-state index in [1.165, 1.54) is 32.3 Å². The van der Waals surface area contributed by atoms with E-state index in [9.17, 15) is 13.2 Å². The Kier molecular flexibility index (Phi) is 20.7. The number of aryl methyl sites for hydroxylation is 1. The van der Waals surface area contributed by atoms with Gasteiger partial charge in [0, 0.05) is 56.4 Å². The second-order valence-corrected chi connectivity index (χ2v) is 12.9. The van der Waals surface area contributed by atoms with E-state index in [1.54, 1.807) is 13.1 Å². The smallest absolute Gasteiger partial charge is 0.382 e. The Morgan fingerprint density at radius 3 is 2.31 bits per heavy atom. The molecule has 1 atom stereocenters. The number of rotatable bonds is 13. The van der Waals surface area contributed by atoms with Crippen molar-refractivity contribution >= 4 is 11.4 Å². The molecule has 0 aromatic heterocycles. The fraction of sp³-hybridized carbons (Fsp3) is 0.615. The maximum Gasteiger partial charge on any atom is 0.395 e. The molecule has 49 heavy (non-hydrogen) atoms. The third-order valence-corrected chi connectivity index (χ3v) is 9.29. The van der Waals surface area contributed by atoms with E-state index in [0.717, 1.165) is 49.8 Å². The summed E-state index contributed by atoms with van der Waals surface area (Å²) in [5, 5.41) is 9.60. The van der Waals surface area contributed by atoms with Crippen molar-refractivity contribution in [3.05, 3.63) is 75.5 Å². The first-order valence-electron chi connectivity index (χ1n) is 17.9. The van der Waals surface area contributed by atoms with Gasteiger partial charge in [-0.3, -0.25) is 4.90 Å². The van der Waals surface area contributed by atoms with E-state index in [2.05, 4.69) is 59.3 Å². The molecule has 4 rings (SSSR count). The van der Waals surface area contributed by atoms with Gasteiger partial charge in [-0.2, -0.15) is 30.9 Å². The number of unbranched alkanes of at least 4 members (excludes halogenated alkanes) is 1. The molecule has 1 aromatic rings. The predicted molar refractivity (Wildman–Crippen MR) is 194 cm³/mol. The van der Waals surface area contributed by atoms with Gasteiger partial charge < -0.3 is 16.0 Å². The molecule has 1 aliphatic carbocycles. The van der Waals surface area contributed by atoms with Crippen molar-refractivity contribution in [2.45, 2.75) is 107 Å². The second kappa shape index (κ2) is 22.3. The van der Waals surface area contributed by atoms with Gasteiger partial charge in [-0.15, -0.1) is 17.7 Å². The molecule has 2 heterocycles. The molecule has 3 aliphatic rings. The summed E-state index contributed by atoms with van der Waals surface area (Å²) in [6.45, 7) is 23.0. The molecule has 0 spiro atoms. The molecule has 1 saturated heterocycles. The van der Waals surface area contributed by atoms with Crippen molar-refractivity contribution in [2.75, 3.05) is 39.8 Å². The van der Waals surface area contributed by atoms with Crippen LogP contribution >= 0.6 is 0 Å². The summed E-state index contributed by atoms with van der Waals surface area (Å²) < 4.78 is 59.2. The summed E-state index contributed by atoms with van der Waals surface area (Å²) >= 11 is 0. The third-order valence-electron chi connectivity index (χ3n) is 9.29. The van der Waals surface area contributed by atoms with Gasteiger partial charge in [0.05, 0.1) is 24.1 Å². The maximum atomic E-state index is 16.6. The molecule has 1 saturated carbocycles. The Labute approximate surface area is 324 Å².